The highest BCUT2D eigenvalue weighted by atomic mass is 16.5. The molecule has 1 aliphatic heterocycles. The Morgan fingerprint density at radius 2 is 1.62 bits per heavy atom. The van der Waals surface area contributed by atoms with Crippen molar-refractivity contribution in [1.82, 2.24) is 14.5 Å². The van der Waals surface area contributed by atoms with Gasteiger partial charge in [-0.3, -0.25) is 9.69 Å². The van der Waals surface area contributed by atoms with E-state index in [1.165, 1.54) is 0 Å². The van der Waals surface area contributed by atoms with Crippen LogP contribution < -0.4 is 10.2 Å². The number of nitrogens with one attached hydrogen (secondary N) is 1. The number of carbonyl (C=O) groups excluding carboxylic acids is 2. The normalized spacial score (nSPS) is 13.8. The molecule has 1 unspecified atom stereocenters. The summed E-state index contributed by atoms with van der Waals surface area (Å²) in [6, 6.07) is 26.7. The maximum absolute atomic E-state index is 14.5. The molecule has 0 saturated carbocycles. The summed E-state index contributed by atoms with van der Waals surface area (Å²) in [5.74, 6) is -1.96. The smallest absolute Gasteiger partial charge is 0.336 e. The number of hydrogen-bond donors (Lipinski definition) is 2. The van der Waals surface area contributed by atoms with Crippen molar-refractivity contribution in [2.75, 3.05) is 11.4 Å². The van der Waals surface area contributed by atoms with Crippen LogP contribution in [0.4, 0.5) is 11.4 Å². The van der Waals surface area contributed by atoms with E-state index < -0.39 is 18.0 Å². The molecule has 1 amide bonds. The van der Waals surface area contributed by atoms with Crippen LogP contribution in [-0.4, -0.2) is 38.6 Å². The van der Waals surface area contributed by atoms with Gasteiger partial charge < -0.3 is 24.3 Å². The van der Waals surface area contributed by atoms with Crippen LogP contribution in [0.2, 0.25) is 0 Å². The van der Waals surface area contributed by atoms with Gasteiger partial charge in [-0.2, -0.15) is 5.26 Å². The SMILES string of the molecule is Cc1c(N(C(=O)c2cc(-c3cc4c(cc3C(=O)O)C(C(=O)OCc3ccccc3)NCC4)n(C)c2C)c2ccccc2)cc(C#N)n1C. The summed E-state index contributed by atoms with van der Waals surface area (Å²) in [7, 11) is 3.58. The number of fused-ring (bicyclic) bond motifs is 1. The van der Waals surface area contributed by atoms with E-state index in [9.17, 15) is 24.8 Å². The lowest BCUT2D eigenvalue weighted by Gasteiger charge is -2.27. The lowest BCUT2D eigenvalue weighted by molar-refractivity contribution is -0.147. The lowest BCUT2D eigenvalue weighted by atomic mass is 9.88. The van der Waals surface area contributed by atoms with E-state index in [1.807, 2.05) is 85.1 Å². The summed E-state index contributed by atoms with van der Waals surface area (Å²) >= 11 is 0. The third kappa shape index (κ3) is 5.76. The number of carboxylic acids is 1. The molecule has 2 aromatic heterocycles. The van der Waals surface area contributed by atoms with E-state index in [1.54, 1.807) is 41.8 Å². The zero-order chi connectivity index (χ0) is 34.1. The zero-order valence-electron chi connectivity index (χ0n) is 27.2. The summed E-state index contributed by atoms with van der Waals surface area (Å²) < 4.78 is 9.17. The number of esters is 1. The van der Waals surface area contributed by atoms with Gasteiger partial charge in [-0.05, 0) is 73.4 Å². The van der Waals surface area contributed by atoms with Crippen molar-refractivity contribution in [2.45, 2.75) is 32.9 Å². The molecular weight excluding hydrogens is 606 g/mol. The van der Waals surface area contributed by atoms with Crippen molar-refractivity contribution in [2.24, 2.45) is 14.1 Å². The highest BCUT2D eigenvalue weighted by molar-refractivity contribution is 6.13. The highest BCUT2D eigenvalue weighted by Gasteiger charge is 2.32. The molecule has 1 atom stereocenters. The number of amides is 1. The third-order valence-corrected chi connectivity index (χ3v) is 9.15. The van der Waals surface area contributed by atoms with Crippen molar-refractivity contribution >= 4 is 29.2 Å². The summed E-state index contributed by atoms with van der Waals surface area (Å²) in [5, 5.41) is 23.3. The predicted octanol–water partition coefficient (Wildman–Crippen LogP) is 6.13. The van der Waals surface area contributed by atoms with Crippen LogP contribution in [0.1, 0.15) is 60.5 Å². The number of nitriles is 1. The maximum atomic E-state index is 14.5. The van der Waals surface area contributed by atoms with Gasteiger partial charge in [0.05, 0.1) is 16.8 Å². The first kappa shape index (κ1) is 32.0. The molecule has 48 heavy (non-hydrogen) atoms. The Hall–Kier alpha value is -5.92. The van der Waals surface area contributed by atoms with Gasteiger partial charge in [0.25, 0.3) is 5.91 Å². The highest BCUT2D eigenvalue weighted by Crippen LogP contribution is 2.37. The molecule has 1 aliphatic rings. The Morgan fingerprint density at radius 1 is 0.938 bits per heavy atom. The van der Waals surface area contributed by atoms with E-state index in [4.69, 9.17) is 4.74 Å². The number of hydrogen-bond acceptors (Lipinski definition) is 6. The van der Waals surface area contributed by atoms with Crippen molar-refractivity contribution in [3.63, 3.8) is 0 Å². The van der Waals surface area contributed by atoms with Crippen LogP contribution in [0.5, 0.6) is 0 Å². The van der Waals surface area contributed by atoms with Crippen LogP contribution in [-0.2, 0) is 36.7 Å². The number of ether oxygens (including phenoxy) is 1. The summed E-state index contributed by atoms with van der Waals surface area (Å²) in [6.07, 6.45) is 0.580. The second-order valence-electron chi connectivity index (χ2n) is 11.9. The Morgan fingerprint density at radius 3 is 2.27 bits per heavy atom. The first-order valence-corrected chi connectivity index (χ1v) is 15.6. The van der Waals surface area contributed by atoms with E-state index in [0.29, 0.717) is 58.1 Å². The van der Waals surface area contributed by atoms with Gasteiger partial charge in [0.1, 0.15) is 24.4 Å². The third-order valence-electron chi connectivity index (χ3n) is 9.15. The Bertz CT molecular complexity index is 2090. The Labute approximate surface area is 278 Å². The average Bonchev–Trinajstić information content (AvgIpc) is 3.56. The van der Waals surface area contributed by atoms with E-state index in [-0.39, 0.29) is 18.1 Å². The number of carbonyl (C=O) groups is 3. The van der Waals surface area contributed by atoms with E-state index in [0.717, 1.165) is 16.8 Å². The number of aromatic carboxylic acids is 1. The number of benzene rings is 3. The predicted molar refractivity (Wildman–Crippen MR) is 181 cm³/mol. The van der Waals surface area contributed by atoms with Crippen LogP contribution >= 0.6 is 0 Å². The first-order valence-electron chi connectivity index (χ1n) is 15.6. The van der Waals surface area contributed by atoms with Crippen LogP contribution in [0, 0.1) is 25.2 Å². The van der Waals surface area contributed by atoms with Crippen molar-refractivity contribution in [3.05, 3.63) is 130 Å². The standard InChI is InChI=1S/C38H35N5O5/c1-23-29(36(44)43(27-13-9-6-10-14-27)33-18-28(21-39)41(3)24(33)2)20-34(42(23)4)31-17-26-15-16-40-35(30(26)19-32(31)37(45)46)38(47)48-22-25-11-7-5-8-12-25/h5-14,17-20,35,40H,15-16,22H2,1-4H3,(H,45,46). The number of para-hydroxylation sites is 1. The van der Waals surface area contributed by atoms with Gasteiger partial charge in [0, 0.05) is 49.0 Å². The first-order chi connectivity index (χ1) is 23.1. The summed E-state index contributed by atoms with van der Waals surface area (Å²) in [5.41, 5.74) is 6.64. The second-order valence-corrected chi connectivity index (χ2v) is 11.9. The van der Waals surface area contributed by atoms with Gasteiger partial charge in [-0.15, -0.1) is 0 Å². The molecule has 2 N–H and O–H groups in total. The number of aromatic nitrogens is 2. The maximum Gasteiger partial charge on any atom is 0.336 e. The minimum Gasteiger partial charge on any atom is -0.478 e. The molecule has 0 radical (unpaired) electrons. The van der Waals surface area contributed by atoms with Gasteiger partial charge in [-0.25, -0.2) is 9.59 Å². The number of anilines is 2. The number of nitrogens with zero attached hydrogens (tertiary/aromatic N) is 4. The van der Waals surface area contributed by atoms with Crippen molar-refractivity contribution in [1.29, 1.82) is 5.26 Å². The molecule has 10 heteroatoms. The summed E-state index contributed by atoms with van der Waals surface area (Å²) in [6.45, 7) is 4.29. The van der Waals surface area contributed by atoms with Gasteiger partial charge in [0.2, 0.25) is 0 Å². The quantitative estimate of drug-likeness (QED) is 0.195. The fraction of sp³-hybridized carbons (Fsp3) is 0.211. The topological polar surface area (TPSA) is 130 Å². The van der Waals surface area contributed by atoms with Gasteiger partial charge >= 0.3 is 11.9 Å². The lowest BCUT2D eigenvalue weighted by Crippen LogP contribution is -2.36. The van der Waals surface area contributed by atoms with Gasteiger partial charge in [0.15, 0.2) is 0 Å². The molecule has 10 nitrogen and oxygen atoms in total. The number of rotatable bonds is 8. The number of carboxylic acid groups (broad SMARTS) is 1. The molecule has 0 saturated heterocycles. The molecule has 0 fully saturated rings. The molecule has 3 heterocycles. The largest absolute Gasteiger partial charge is 0.478 e. The van der Waals surface area contributed by atoms with Crippen LogP contribution in [0.15, 0.2) is 84.9 Å². The molecule has 6 rings (SSSR count). The molecule has 0 spiro atoms. The Kier molecular flexibility index (Phi) is 8.72. The van der Waals surface area contributed by atoms with Crippen molar-refractivity contribution in [3.8, 4) is 17.3 Å². The van der Waals surface area contributed by atoms with Crippen molar-refractivity contribution < 1.29 is 24.2 Å². The fourth-order valence-electron chi connectivity index (χ4n) is 6.27. The molecule has 242 valence electrons. The summed E-state index contributed by atoms with van der Waals surface area (Å²) in [4.78, 5) is 42.0. The monoisotopic (exact) mass is 641 g/mol. The van der Waals surface area contributed by atoms with Gasteiger partial charge in [-0.1, -0.05) is 48.5 Å². The molecule has 3 aromatic carbocycles. The minimum absolute atomic E-state index is 0.00962. The molecule has 5 aromatic rings. The van der Waals surface area contributed by atoms with E-state index >= 15 is 0 Å². The molecular formula is C38H35N5O5. The average molecular weight is 642 g/mol. The molecule has 0 aliphatic carbocycles. The molecule has 0 bridgehead atoms. The Balaban J connectivity index is 1.40. The van der Waals surface area contributed by atoms with E-state index in [2.05, 4.69) is 11.4 Å². The van der Waals surface area contributed by atoms with Crippen LogP contribution in [0.3, 0.4) is 0 Å². The second kappa shape index (κ2) is 13.1. The minimum atomic E-state index is -1.16. The zero-order valence-corrected chi connectivity index (χ0v) is 27.2. The van der Waals surface area contributed by atoms with Crippen LogP contribution in [0.25, 0.3) is 11.3 Å². The fourth-order valence-corrected chi connectivity index (χ4v) is 6.27.